The van der Waals surface area contributed by atoms with Gasteiger partial charge in [-0.2, -0.15) is 0 Å². The van der Waals surface area contributed by atoms with E-state index in [0.29, 0.717) is 18.4 Å². The molecule has 1 saturated heterocycles. The molecule has 3 nitrogen and oxygen atoms in total. The average Bonchev–Trinajstić information content (AvgIpc) is 2.77. The van der Waals surface area contributed by atoms with Crippen LogP contribution in [0, 0.1) is 5.92 Å². The van der Waals surface area contributed by atoms with Gasteiger partial charge in [-0.15, -0.1) is 0 Å². The molecule has 1 aliphatic heterocycles. The number of benzene rings is 1. The number of hydrogen-bond donors (Lipinski definition) is 0. The molecule has 1 aliphatic carbocycles. The van der Waals surface area contributed by atoms with E-state index in [9.17, 15) is 4.79 Å². The second-order valence-electron chi connectivity index (χ2n) is 7.75. The Labute approximate surface area is 152 Å². The number of hydrogen-bond acceptors (Lipinski definition) is 2. The van der Waals surface area contributed by atoms with Gasteiger partial charge in [-0.3, -0.25) is 4.79 Å². The molecular weight excluding hydrogens is 310 g/mol. The van der Waals surface area contributed by atoms with Crippen molar-refractivity contribution in [3.8, 4) is 5.75 Å². The summed E-state index contributed by atoms with van der Waals surface area (Å²) in [5.74, 6) is 1.83. The Bertz CT molecular complexity index is 585. The van der Waals surface area contributed by atoms with E-state index in [1.165, 1.54) is 31.2 Å². The highest BCUT2D eigenvalue weighted by Crippen LogP contribution is 2.50. The van der Waals surface area contributed by atoms with E-state index < -0.39 is 0 Å². The van der Waals surface area contributed by atoms with Gasteiger partial charge in [0.2, 0.25) is 5.91 Å². The Balaban J connectivity index is 1.90. The maximum Gasteiger partial charge on any atom is 0.222 e. The van der Waals surface area contributed by atoms with Gasteiger partial charge in [0, 0.05) is 24.9 Å². The second kappa shape index (κ2) is 8.25. The molecule has 3 heteroatoms. The van der Waals surface area contributed by atoms with Gasteiger partial charge < -0.3 is 9.64 Å². The summed E-state index contributed by atoms with van der Waals surface area (Å²) in [6, 6.07) is 8.69. The van der Waals surface area contributed by atoms with Gasteiger partial charge in [0.05, 0.1) is 6.61 Å². The summed E-state index contributed by atoms with van der Waals surface area (Å²) in [4.78, 5) is 15.0. The fourth-order valence-corrected chi connectivity index (χ4v) is 4.91. The Morgan fingerprint density at radius 2 is 2.12 bits per heavy atom. The van der Waals surface area contributed by atoms with Gasteiger partial charge in [-0.1, -0.05) is 38.3 Å². The van der Waals surface area contributed by atoms with Crippen molar-refractivity contribution in [2.24, 2.45) is 5.92 Å². The molecular formula is C22H33NO2. The molecule has 0 bridgehead atoms. The van der Waals surface area contributed by atoms with E-state index in [-0.39, 0.29) is 5.41 Å². The molecule has 1 heterocycles. The maximum atomic E-state index is 12.8. The van der Waals surface area contributed by atoms with Crippen molar-refractivity contribution >= 4 is 5.91 Å². The third-order valence-electron chi connectivity index (χ3n) is 6.31. The van der Waals surface area contributed by atoms with E-state index in [0.717, 1.165) is 44.5 Å². The van der Waals surface area contributed by atoms with Crippen molar-refractivity contribution in [1.29, 1.82) is 0 Å². The van der Waals surface area contributed by atoms with Crippen molar-refractivity contribution in [1.82, 2.24) is 4.90 Å². The molecule has 2 aliphatic rings. The van der Waals surface area contributed by atoms with Gasteiger partial charge in [-0.25, -0.2) is 0 Å². The molecule has 1 amide bonds. The van der Waals surface area contributed by atoms with Gasteiger partial charge in [0.15, 0.2) is 0 Å². The van der Waals surface area contributed by atoms with Crippen LogP contribution in [0.4, 0.5) is 0 Å². The monoisotopic (exact) mass is 343 g/mol. The molecule has 1 saturated carbocycles. The standard InChI is InChI=1S/C22H33NO2/c1-3-5-14-23-15-13-22(12-7-6-9-19(22)17-21(23)24)18-10-8-11-20(16-18)25-4-2/h8,10-11,16,19H,3-7,9,12-15,17H2,1-2H3. The number of unbranched alkanes of at least 4 members (excludes halogenated alkanes) is 1. The quantitative estimate of drug-likeness (QED) is 0.732. The van der Waals surface area contributed by atoms with E-state index in [1.807, 2.05) is 6.92 Å². The first kappa shape index (κ1) is 18.3. The molecule has 3 rings (SSSR count). The lowest BCUT2D eigenvalue weighted by molar-refractivity contribution is -0.131. The number of carbonyl (C=O) groups excluding carboxylic acids is 1. The summed E-state index contributed by atoms with van der Waals surface area (Å²) >= 11 is 0. The van der Waals surface area contributed by atoms with Gasteiger partial charge >= 0.3 is 0 Å². The lowest BCUT2D eigenvalue weighted by Crippen LogP contribution is -2.38. The van der Waals surface area contributed by atoms with Crippen LogP contribution >= 0.6 is 0 Å². The molecule has 1 aromatic carbocycles. The van der Waals surface area contributed by atoms with E-state index in [2.05, 4.69) is 36.1 Å². The topological polar surface area (TPSA) is 29.5 Å². The molecule has 2 atom stereocenters. The van der Waals surface area contributed by atoms with Crippen LogP contribution in [0.15, 0.2) is 24.3 Å². The Morgan fingerprint density at radius 1 is 1.24 bits per heavy atom. The van der Waals surface area contributed by atoms with Crippen LogP contribution in [0.25, 0.3) is 0 Å². The second-order valence-corrected chi connectivity index (χ2v) is 7.75. The summed E-state index contributed by atoms with van der Waals surface area (Å²) in [5.41, 5.74) is 1.55. The average molecular weight is 344 g/mol. The zero-order valence-corrected chi connectivity index (χ0v) is 15.9. The molecule has 138 valence electrons. The summed E-state index contributed by atoms with van der Waals surface area (Å²) in [5, 5.41) is 0. The minimum atomic E-state index is 0.155. The van der Waals surface area contributed by atoms with Crippen molar-refractivity contribution in [2.75, 3.05) is 19.7 Å². The highest BCUT2D eigenvalue weighted by Gasteiger charge is 2.45. The fraction of sp³-hybridized carbons (Fsp3) is 0.682. The predicted molar refractivity (Wildman–Crippen MR) is 102 cm³/mol. The number of ether oxygens (including phenoxy) is 1. The molecule has 25 heavy (non-hydrogen) atoms. The van der Waals surface area contributed by atoms with Crippen molar-refractivity contribution in [2.45, 2.75) is 70.6 Å². The number of fused-ring (bicyclic) bond motifs is 1. The normalized spacial score (nSPS) is 26.9. The first-order chi connectivity index (χ1) is 12.2. The van der Waals surface area contributed by atoms with Crippen molar-refractivity contribution in [3.05, 3.63) is 29.8 Å². The van der Waals surface area contributed by atoms with Crippen molar-refractivity contribution in [3.63, 3.8) is 0 Å². The summed E-state index contributed by atoms with van der Waals surface area (Å²) in [6.07, 6.45) is 9.02. The predicted octanol–water partition coefficient (Wildman–Crippen LogP) is 4.94. The molecule has 0 spiro atoms. The fourth-order valence-electron chi connectivity index (χ4n) is 4.91. The number of likely N-dealkylation sites (tertiary alicyclic amines) is 1. The van der Waals surface area contributed by atoms with E-state index in [1.54, 1.807) is 0 Å². The minimum absolute atomic E-state index is 0.155. The third-order valence-corrected chi connectivity index (χ3v) is 6.31. The van der Waals surface area contributed by atoms with Crippen LogP contribution in [0.5, 0.6) is 5.75 Å². The molecule has 2 fully saturated rings. The highest BCUT2D eigenvalue weighted by atomic mass is 16.5. The largest absolute Gasteiger partial charge is 0.494 e. The molecule has 0 radical (unpaired) electrons. The lowest BCUT2D eigenvalue weighted by Gasteiger charge is -2.43. The van der Waals surface area contributed by atoms with Crippen LogP contribution in [-0.2, 0) is 10.2 Å². The SMILES string of the molecule is CCCCN1CCC2(c3cccc(OCC)c3)CCCCC2CC1=O. The van der Waals surface area contributed by atoms with Crippen molar-refractivity contribution < 1.29 is 9.53 Å². The Kier molecular flexibility index (Phi) is 6.03. The first-order valence-corrected chi connectivity index (χ1v) is 10.2. The first-order valence-electron chi connectivity index (χ1n) is 10.2. The number of rotatable bonds is 6. The van der Waals surface area contributed by atoms with Gasteiger partial charge in [0.25, 0.3) is 0 Å². The Hall–Kier alpha value is -1.51. The van der Waals surface area contributed by atoms with Crippen LogP contribution < -0.4 is 4.74 Å². The van der Waals surface area contributed by atoms with E-state index in [4.69, 9.17) is 4.74 Å². The molecule has 0 aromatic heterocycles. The number of carbonyl (C=O) groups is 1. The Morgan fingerprint density at radius 3 is 2.92 bits per heavy atom. The van der Waals surface area contributed by atoms with Crippen LogP contribution in [0.2, 0.25) is 0 Å². The number of nitrogens with zero attached hydrogens (tertiary/aromatic N) is 1. The van der Waals surface area contributed by atoms with Gasteiger partial charge in [0.1, 0.15) is 5.75 Å². The minimum Gasteiger partial charge on any atom is -0.494 e. The van der Waals surface area contributed by atoms with Crippen LogP contribution in [-0.4, -0.2) is 30.5 Å². The number of amides is 1. The molecule has 0 N–H and O–H groups in total. The smallest absolute Gasteiger partial charge is 0.222 e. The zero-order valence-electron chi connectivity index (χ0n) is 15.9. The lowest BCUT2D eigenvalue weighted by atomic mass is 9.60. The van der Waals surface area contributed by atoms with Crippen LogP contribution in [0.3, 0.4) is 0 Å². The zero-order chi connectivity index (χ0) is 17.7. The van der Waals surface area contributed by atoms with Gasteiger partial charge in [-0.05, 0) is 56.2 Å². The molecule has 1 aromatic rings. The third kappa shape index (κ3) is 3.86. The molecule has 2 unspecified atom stereocenters. The highest BCUT2D eigenvalue weighted by molar-refractivity contribution is 5.77. The maximum absolute atomic E-state index is 12.8. The summed E-state index contributed by atoms with van der Waals surface area (Å²) in [7, 11) is 0. The van der Waals surface area contributed by atoms with Crippen LogP contribution in [0.1, 0.15) is 70.8 Å². The van der Waals surface area contributed by atoms with E-state index >= 15 is 0 Å². The summed E-state index contributed by atoms with van der Waals surface area (Å²) < 4.78 is 5.76. The summed E-state index contributed by atoms with van der Waals surface area (Å²) in [6.45, 7) is 6.77.